The van der Waals surface area contributed by atoms with E-state index in [-0.39, 0.29) is 29.2 Å². The fourth-order valence-electron chi connectivity index (χ4n) is 8.17. The Balaban J connectivity index is 0.881. The molecule has 52 heavy (non-hydrogen) atoms. The number of piperidine rings is 3. The van der Waals surface area contributed by atoms with Gasteiger partial charge in [0.2, 0.25) is 11.8 Å². The summed E-state index contributed by atoms with van der Waals surface area (Å²) in [7, 11) is 3.17. The van der Waals surface area contributed by atoms with Gasteiger partial charge in [0, 0.05) is 48.4 Å². The van der Waals surface area contributed by atoms with E-state index in [4.69, 9.17) is 4.74 Å². The minimum Gasteiger partial charge on any atom is -0.496 e. The molecule has 2 amide bonds. The molecular formula is C41H47F2N5O4. The van der Waals surface area contributed by atoms with Crippen LogP contribution in [0.4, 0.5) is 14.5 Å². The number of pyridine rings is 1. The fourth-order valence-corrected chi connectivity index (χ4v) is 8.17. The van der Waals surface area contributed by atoms with Crippen LogP contribution in [-0.4, -0.2) is 72.1 Å². The van der Waals surface area contributed by atoms with E-state index >= 15 is 4.39 Å². The second-order valence-electron chi connectivity index (χ2n) is 14.7. The highest BCUT2D eigenvalue weighted by Crippen LogP contribution is 2.35. The monoisotopic (exact) mass is 711 g/mol. The van der Waals surface area contributed by atoms with Gasteiger partial charge in [0.1, 0.15) is 23.4 Å². The number of nitrogens with one attached hydrogen (secondary N) is 2. The maximum atomic E-state index is 15.8. The molecule has 2 N–H and O–H groups in total. The standard InChI is InChI=1S/C41H47F2N5O4/c1-46-24-34(33-23-30(42)5-8-32(33)41(46)51)29-21-36(43)35(38(22-29)52-2)25-48-17-12-26(13-18-48)11-16-47-19-14-28(15-20-47)27-3-6-31(7-4-27)44-37-9-10-39(49)45-40(37)50/h3-8,21-24,26,28,37,44H,9-20,25H2,1-2H3,(H,45,49,50). The summed E-state index contributed by atoms with van der Waals surface area (Å²) in [5.41, 5.74) is 3.60. The Morgan fingerprint density at radius 3 is 2.31 bits per heavy atom. The highest BCUT2D eigenvalue weighted by molar-refractivity contribution is 6.01. The lowest BCUT2D eigenvalue weighted by Crippen LogP contribution is -2.47. The van der Waals surface area contributed by atoms with E-state index in [1.807, 2.05) is 12.1 Å². The maximum absolute atomic E-state index is 15.8. The molecule has 1 aromatic heterocycles. The Bertz CT molecular complexity index is 2000. The highest BCUT2D eigenvalue weighted by Gasteiger charge is 2.28. The smallest absolute Gasteiger partial charge is 0.258 e. The number of nitrogens with zero attached hydrogens (tertiary/aromatic N) is 3. The van der Waals surface area contributed by atoms with Gasteiger partial charge in [0.15, 0.2) is 0 Å². The van der Waals surface area contributed by atoms with Crippen LogP contribution in [0.25, 0.3) is 21.9 Å². The Labute approximate surface area is 302 Å². The van der Waals surface area contributed by atoms with E-state index in [0.29, 0.717) is 64.4 Å². The number of fused-ring (bicyclic) bond motifs is 1. The maximum Gasteiger partial charge on any atom is 0.258 e. The topological polar surface area (TPSA) is 95.9 Å². The van der Waals surface area contributed by atoms with Crippen molar-refractivity contribution < 1.29 is 23.1 Å². The number of carbonyl (C=O) groups excluding carboxylic acids is 2. The van der Waals surface area contributed by atoms with E-state index in [0.717, 1.165) is 64.1 Å². The van der Waals surface area contributed by atoms with Crippen LogP contribution in [0.15, 0.2) is 65.6 Å². The lowest BCUT2D eigenvalue weighted by atomic mass is 9.88. The van der Waals surface area contributed by atoms with Crippen LogP contribution in [0.2, 0.25) is 0 Å². The molecule has 0 aliphatic carbocycles. The molecule has 11 heteroatoms. The molecule has 4 heterocycles. The number of aryl methyl sites for hydroxylation is 1. The van der Waals surface area contributed by atoms with Crippen LogP contribution in [0, 0.1) is 17.6 Å². The number of rotatable bonds is 10. The molecule has 1 atom stereocenters. The molecule has 1 unspecified atom stereocenters. The number of carbonyl (C=O) groups is 2. The Morgan fingerprint density at radius 1 is 0.865 bits per heavy atom. The first-order chi connectivity index (χ1) is 25.1. The normalized spacial score (nSPS) is 19.6. The number of amides is 2. The number of methoxy groups -OCH3 is 1. The van der Waals surface area contributed by atoms with E-state index in [1.54, 1.807) is 19.3 Å². The molecule has 3 aromatic carbocycles. The van der Waals surface area contributed by atoms with Gasteiger partial charge < -0.3 is 19.5 Å². The number of ether oxygens (including phenoxy) is 1. The first kappa shape index (κ1) is 35.8. The molecule has 4 aromatic rings. The summed E-state index contributed by atoms with van der Waals surface area (Å²) in [6.07, 6.45) is 8.06. The number of imide groups is 1. The summed E-state index contributed by atoms with van der Waals surface area (Å²) >= 11 is 0. The number of benzene rings is 3. The molecule has 0 spiro atoms. The van der Waals surface area contributed by atoms with Gasteiger partial charge >= 0.3 is 0 Å². The van der Waals surface area contributed by atoms with Gasteiger partial charge in [-0.1, -0.05) is 12.1 Å². The number of hydrogen-bond acceptors (Lipinski definition) is 7. The summed E-state index contributed by atoms with van der Waals surface area (Å²) in [6, 6.07) is 15.3. The minimum absolute atomic E-state index is 0.207. The van der Waals surface area contributed by atoms with E-state index in [9.17, 15) is 18.8 Å². The first-order valence-corrected chi connectivity index (χ1v) is 18.5. The molecule has 9 nitrogen and oxygen atoms in total. The largest absolute Gasteiger partial charge is 0.496 e. The van der Waals surface area contributed by atoms with Crippen molar-refractivity contribution in [3.63, 3.8) is 0 Å². The molecule has 0 bridgehead atoms. The number of halogens is 2. The second-order valence-corrected chi connectivity index (χ2v) is 14.7. The van der Waals surface area contributed by atoms with Crippen LogP contribution in [0.1, 0.15) is 62.0 Å². The summed E-state index contributed by atoms with van der Waals surface area (Å²) < 4.78 is 37.1. The third kappa shape index (κ3) is 7.90. The van der Waals surface area contributed by atoms with Gasteiger partial charge in [-0.3, -0.25) is 24.6 Å². The third-order valence-corrected chi connectivity index (χ3v) is 11.3. The van der Waals surface area contributed by atoms with Crippen molar-refractivity contribution in [1.82, 2.24) is 19.7 Å². The quantitative estimate of drug-likeness (QED) is 0.190. The number of hydrogen-bond donors (Lipinski definition) is 2. The average Bonchev–Trinajstić information content (AvgIpc) is 3.15. The Morgan fingerprint density at radius 2 is 1.60 bits per heavy atom. The number of anilines is 1. The summed E-state index contributed by atoms with van der Waals surface area (Å²) in [5.74, 6) is 0.316. The predicted octanol–water partition coefficient (Wildman–Crippen LogP) is 6.19. The average molecular weight is 712 g/mol. The van der Waals surface area contributed by atoms with Crippen molar-refractivity contribution in [2.45, 2.75) is 63.5 Å². The van der Waals surface area contributed by atoms with E-state index in [1.165, 1.54) is 47.9 Å². The van der Waals surface area contributed by atoms with Gasteiger partial charge in [0.25, 0.3) is 5.56 Å². The summed E-state index contributed by atoms with van der Waals surface area (Å²) in [4.78, 5) is 41.1. The molecule has 3 fully saturated rings. The third-order valence-electron chi connectivity index (χ3n) is 11.3. The SMILES string of the molecule is COc1cc(-c2cn(C)c(=O)c3ccc(F)cc23)cc(F)c1CN1CCC(CCN2CCC(c3ccc(NC4CCC(=O)NC4=O)cc3)CC2)CC1. The van der Waals surface area contributed by atoms with Crippen molar-refractivity contribution in [2.75, 3.05) is 45.2 Å². The molecule has 3 aliphatic heterocycles. The molecule has 0 saturated carbocycles. The van der Waals surface area contributed by atoms with Gasteiger partial charge in [-0.25, -0.2) is 8.78 Å². The van der Waals surface area contributed by atoms with Crippen LogP contribution >= 0.6 is 0 Å². The van der Waals surface area contributed by atoms with Gasteiger partial charge in [-0.2, -0.15) is 0 Å². The predicted molar refractivity (Wildman–Crippen MR) is 198 cm³/mol. The summed E-state index contributed by atoms with van der Waals surface area (Å²) in [5, 5.41) is 6.48. The molecule has 274 valence electrons. The van der Waals surface area contributed by atoms with Crippen molar-refractivity contribution in [3.8, 4) is 16.9 Å². The fraction of sp³-hybridized carbons (Fsp3) is 0.439. The Hall–Kier alpha value is -4.61. The van der Waals surface area contributed by atoms with Crippen LogP contribution in [0.5, 0.6) is 5.75 Å². The lowest BCUT2D eigenvalue weighted by molar-refractivity contribution is -0.133. The summed E-state index contributed by atoms with van der Waals surface area (Å²) in [6.45, 7) is 5.51. The molecule has 0 radical (unpaired) electrons. The lowest BCUT2D eigenvalue weighted by Gasteiger charge is -2.35. The van der Waals surface area contributed by atoms with Crippen molar-refractivity contribution in [2.24, 2.45) is 13.0 Å². The molecule has 7 rings (SSSR count). The van der Waals surface area contributed by atoms with Gasteiger partial charge in [-0.15, -0.1) is 0 Å². The van der Waals surface area contributed by atoms with Crippen molar-refractivity contribution >= 4 is 28.3 Å². The van der Waals surface area contributed by atoms with Crippen LogP contribution < -0.4 is 20.9 Å². The minimum atomic E-state index is -0.457. The molecule has 3 aliphatic rings. The zero-order chi connectivity index (χ0) is 36.4. The first-order valence-electron chi connectivity index (χ1n) is 18.5. The second kappa shape index (κ2) is 15.6. The number of likely N-dealkylation sites (tertiary alicyclic amines) is 2. The van der Waals surface area contributed by atoms with Crippen molar-refractivity contribution in [3.05, 3.63) is 93.9 Å². The number of aromatic nitrogens is 1. The molecule has 3 saturated heterocycles. The van der Waals surface area contributed by atoms with Crippen LogP contribution in [-0.2, 0) is 23.2 Å². The van der Waals surface area contributed by atoms with E-state index in [2.05, 4.69) is 32.6 Å². The van der Waals surface area contributed by atoms with Gasteiger partial charge in [0.05, 0.1) is 7.11 Å². The highest BCUT2D eigenvalue weighted by atomic mass is 19.1. The molecular weight excluding hydrogens is 664 g/mol. The van der Waals surface area contributed by atoms with Crippen LogP contribution in [0.3, 0.4) is 0 Å². The zero-order valence-corrected chi connectivity index (χ0v) is 29.9. The van der Waals surface area contributed by atoms with Crippen molar-refractivity contribution in [1.29, 1.82) is 0 Å². The zero-order valence-electron chi connectivity index (χ0n) is 29.9. The van der Waals surface area contributed by atoms with E-state index < -0.39 is 5.82 Å². The van der Waals surface area contributed by atoms with Gasteiger partial charge in [-0.05, 0) is 142 Å². The Kier molecular flexibility index (Phi) is 10.7.